The lowest BCUT2D eigenvalue weighted by Gasteiger charge is -2.40. The molecule has 0 N–H and O–H groups in total. The van der Waals surface area contributed by atoms with Gasteiger partial charge >= 0.3 is 0 Å². The first kappa shape index (κ1) is 17.7. The molecule has 26 heavy (non-hydrogen) atoms. The van der Waals surface area contributed by atoms with Gasteiger partial charge in [0.1, 0.15) is 0 Å². The third kappa shape index (κ3) is 3.32. The number of nitrogens with zero attached hydrogens (tertiary/aromatic N) is 1. The molecule has 2 heterocycles. The number of likely N-dealkylation sites (tertiary alicyclic amines) is 1. The molecule has 0 spiro atoms. The van der Waals surface area contributed by atoms with E-state index in [2.05, 4.69) is 11.4 Å². The average Bonchev–Trinajstić information content (AvgIpc) is 3.16. The van der Waals surface area contributed by atoms with Gasteiger partial charge in [-0.05, 0) is 52.9 Å². The molecule has 2 aromatic rings. The fraction of sp³-hybridized carbons (Fsp3) is 0.450. The summed E-state index contributed by atoms with van der Waals surface area (Å²) in [4.78, 5) is 14.3. The zero-order valence-electron chi connectivity index (χ0n) is 14.6. The Morgan fingerprint density at radius 2 is 1.62 bits per heavy atom. The molecule has 0 unspecified atom stereocenters. The maximum absolute atomic E-state index is 12.7. The van der Waals surface area contributed by atoms with Gasteiger partial charge in [-0.2, -0.15) is 11.3 Å². The van der Waals surface area contributed by atoms with Crippen LogP contribution in [-0.2, 0) is 9.84 Å². The molecule has 1 aromatic heterocycles. The number of hydrogen-bond donors (Lipinski definition) is 0. The number of sulfone groups is 1. The third-order valence-corrected chi connectivity index (χ3v) is 8.91. The van der Waals surface area contributed by atoms with E-state index in [4.69, 9.17) is 0 Å². The second-order valence-corrected chi connectivity index (χ2v) is 10.6. The molecular formula is C20H23NO3S2. The van der Waals surface area contributed by atoms with Gasteiger partial charge in [-0.3, -0.25) is 4.79 Å². The van der Waals surface area contributed by atoms with Gasteiger partial charge in [-0.15, -0.1) is 0 Å². The SMILES string of the molecule is O=C(c1ccc(-c2ccsc2)cc1)N1CC(S(=O)(=O)C2CCCCC2)C1. The van der Waals surface area contributed by atoms with Crippen LogP contribution in [0.3, 0.4) is 0 Å². The molecule has 138 valence electrons. The molecule has 2 fully saturated rings. The summed E-state index contributed by atoms with van der Waals surface area (Å²) in [5, 5.41) is 3.54. The number of carbonyl (C=O) groups is 1. The van der Waals surface area contributed by atoms with E-state index in [1.807, 2.05) is 29.6 Å². The van der Waals surface area contributed by atoms with E-state index in [9.17, 15) is 13.2 Å². The van der Waals surface area contributed by atoms with Crippen LogP contribution in [0.5, 0.6) is 0 Å². The molecule has 2 aliphatic rings. The summed E-state index contributed by atoms with van der Waals surface area (Å²) in [5.41, 5.74) is 2.86. The Labute approximate surface area is 158 Å². The summed E-state index contributed by atoms with van der Waals surface area (Å²) in [6.07, 6.45) is 4.74. The van der Waals surface area contributed by atoms with E-state index < -0.39 is 9.84 Å². The minimum absolute atomic E-state index is 0.0723. The Balaban J connectivity index is 1.38. The smallest absolute Gasteiger partial charge is 0.253 e. The molecule has 0 atom stereocenters. The van der Waals surface area contributed by atoms with Gasteiger partial charge in [0.2, 0.25) is 0 Å². The van der Waals surface area contributed by atoms with Crippen LogP contribution >= 0.6 is 11.3 Å². The molecule has 6 heteroatoms. The van der Waals surface area contributed by atoms with E-state index in [0.29, 0.717) is 18.7 Å². The minimum atomic E-state index is -3.10. The number of benzene rings is 1. The van der Waals surface area contributed by atoms with Crippen LogP contribution in [0.4, 0.5) is 0 Å². The Bertz CT molecular complexity index is 860. The molecule has 1 aliphatic heterocycles. The van der Waals surface area contributed by atoms with Crippen molar-refractivity contribution in [3.05, 3.63) is 46.7 Å². The molecule has 1 saturated carbocycles. The average molecular weight is 390 g/mol. The minimum Gasteiger partial charge on any atom is -0.336 e. The first-order valence-electron chi connectivity index (χ1n) is 9.20. The molecule has 1 amide bonds. The fourth-order valence-electron chi connectivity index (χ4n) is 3.89. The second-order valence-electron chi connectivity index (χ2n) is 7.27. The van der Waals surface area contributed by atoms with Crippen molar-refractivity contribution in [2.75, 3.05) is 13.1 Å². The Morgan fingerprint density at radius 3 is 2.23 bits per heavy atom. The summed E-state index contributed by atoms with van der Waals surface area (Å²) in [6, 6.07) is 9.62. The lowest BCUT2D eigenvalue weighted by atomic mass is 10.0. The molecule has 4 nitrogen and oxygen atoms in total. The van der Waals surface area contributed by atoms with Crippen molar-refractivity contribution in [1.29, 1.82) is 0 Å². The predicted octanol–water partition coefficient (Wildman–Crippen LogP) is 3.99. The van der Waals surface area contributed by atoms with Gasteiger partial charge in [0, 0.05) is 18.7 Å². The van der Waals surface area contributed by atoms with E-state index in [1.54, 1.807) is 16.2 Å². The standard InChI is InChI=1S/C20H23NO3S2/c22-20(16-8-6-15(7-9-16)17-10-11-25-14-17)21-12-19(13-21)26(23,24)18-4-2-1-3-5-18/h6-11,14,18-19H,1-5,12-13H2. The van der Waals surface area contributed by atoms with Gasteiger partial charge in [0.25, 0.3) is 5.91 Å². The molecule has 1 aliphatic carbocycles. The molecule has 1 saturated heterocycles. The summed E-state index contributed by atoms with van der Waals surface area (Å²) < 4.78 is 25.4. The summed E-state index contributed by atoms with van der Waals surface area (Å²) >= 11 is 1.64. The van der Waals surface area contributed by atoms with Gasteiger partial charge in [0.15, 0.2) is 9.84 Å². The van der Waals surface area contributed by atoms with Crippen molar-refractivity contribution in [1.82, 2.24) is 4.90 Å². The lowest BCUT2D eigenvalue weighted by molar-refractivity contribution is 0.0658. The van der Waals surface area contributed by atoms with Crippen LogP contribution in [0.25, 0.3) is 11.1 Å². The molecule has 0 radical (unpaired) electrons. The van der Waals surface area contributed by atoms with Crippen LogP contribution in [0.1, 0.15) is 42.5 Å². The van der Waals surface area contributed by atoms with Crippen molar-refractivity contribution in [2.45, 2.75) is 42.6 Å². The number of thiophene rings is 1. The number of carbonyl (C=O) groups excluding carboxylic acids is 1. The zero-order valence-corrected chi connectivity index (χ0v) is 16.3. The van der Waals surface area contributed by atoms with E-state index in [-0.39, 0.29) is 16.4 Å². The first-order valence-corrected chi connectivity index (χ1v) is 11.8. The van der Waals surface area contributed by atoms with Crippen LogP contribution in [0.15, 0.2) is 41.1 Å². The highest BCUT2D eigenvalue weighted by Gasteiger charge is 2.43. The van der Waals surface area contributed by atoms with Crippen LogP contribution < -0.4 is 0 Å². The van der Waals surface area contributed by atoms with Crippen molar-refractivity contribution in [3.63, 3.8) is 0 Å². The zero-order chi connectivity index (χ0) is 18.1. The second kappa shape index (κ2) is 7.16. The Hall–Kier alpha value is -1.66. The van der Waals surface area contributed by atoms with Crippen LogP contribution in [0.2, 0.25) is 0 Å². The topological polar surface area (TPSA) is 54.5 Å². The maximum Gasteiger partial charge on any atom is 0.253 e. The molecule has 0 bridgehead atoms. The summed E-state index contributed by atoms with van der Waals surface area (Å²) in [7, 11) is -3.10. The van der Waals surface area contributed by atoms with Gasteiger partial charge in [-0.1, -0.05) is 31.4 Å². The van der Waals surface area contributed by atoms with Crippen molar-refractivity contribution in [3.8, 4) is 11.1 Å². The first-order chi connectivity index (χ1) is 12.6. The largest absolute Gasteiger partial charge is 0.336 e. The highest BCUT2D eigenvalue weighted by Crippen LogP contribution is 2.30. The van der Waals surface area contributed by atoms with Crippen molar-refractivity contribution >= 4 is 27.1 Å². The Kier molecular flexibility index (Phi) is 4.88. The van der Waals surface area contributed by atoms with Gasteiger partial charge in [-0.25, -0.2) is 8.42 Å². The van der Waals surface area contributed by atoms with Crippen molar-refractivity contribution in [2.24, 2.45) is 0 Å². The normalized spacial score (nSPS) is 19.3. The molecule has 1 aromatic carbocycles. The van der Waals surface area contributed by atoms with E-state index in [1.165, 1.54) is 0 Å². The fourth-order valence-corrected chi connectivity index (χ4v) is 6.87. The summed E-state index contributed by atoms with van der Waals surface area (Å²) in [5.74, 6) is -0.0723. The predicted molar refractivity (Wildman–Crippen MR) is 105 cm³/mol. The quantitative estimate of drug-likeness (QED) is 0.795. The highest BCUT2D eigenvalue weighted by atomic mass is 32.2. The van der Waals surface area contributed by atoms with Crippen LogP contribution in [0, 0.1) is 0 Å². The Morgan fingerprint density at radius 1 is 0.923 bits per heavy atom. The lowest BCUT2D eigenvalue weighted by Crippen LogP contribution is -2.58. The van der Waals surface area contributed by atoms with E-state index in [0.717, 1.165) is 43.2 Å². The number of hydrogen-bond acceptors (Lipinski definition) is 4. The van der Waals surface area contributed by atoms with E-state index >= 15 is 0 Å². The van der Waals surface area contributed by atoms with Crippen LogP contribution in [-0.4, -0.2) is 42.8 Å². The van der Waals surface area contributed by atoms with Gasteiger partial charge < -0.3 is 4.90 Å². The number of amides is 1. The van der Waals surface area contributed by atoms with Crippen molar-refractivity contribution < 1.29 is 13.2 Å². The number of rotatable bonds is 4. The highest BCUT2D eigenvalue weighted by molar-refractivity contribution is 7.92. The maximum atomic E-state index is 12.7. The molecular weight excluding hydrogens is 366 g/mol. The summed E-state index contributed by atoms with van der Waals surface area (Å²) in [6.45, 7) is 0.675. The van der Waals surface area contributed by atoms with Gasteiger partial charge in [0.05, 0.1) is 10.5 Å². The monoisotopic (exact) mass is 389 g/mol. The third-order valence-electron chi connectivity index (χ3n) is 5.60. The molecule has 4 rings (SSSR count).